The molecule has 2 aromatic rings. The highest BCUT2D eigenvalue weighted by atomic mass is 16.5. The fraction of sp³-hybridized carbons (Fsp3) is 0.364. The van der Waals surface area contributed by atoms with E-state index in [1.54, 1.807) is 31.3 Å². The van der Waals surface area contributed by atoms with Crippen LogP contribution in [-0.4, -0.2) is 42.6 Å². The van der Waals surface area contributed by atoms with Crippen molar-refractivity contribution < 1.29 is 24.2 Å². The lowest BCUT2D eigenvalue weighted by molar-refractivity contribution is -0.143. The minimum absolute atomic E-state index is 0.125. The zero-order valence-corrected chi connectivity index (χ0v) is 16.6. The first kappa shape index (κ1) is 19.7. The third-order valence-electron chi connectivity index (χ3n) is 5.42. The Hall–Kier alpha value is -3.02. The summed E-state index contributed by atoms with van der Waals surface area (Å²) in [6.07, 6.45) is 0. The van der Waals surface area contributed by atoms with Crippen molar-refractivity contribution in [3.05, 3.63) is 59.2 Å². The smallest absolute Gasteiger partial charge is 0.312 e. The van der Waals surface area contributed by atoms with Gasteiger partial charge < -0.3 is 19.5 Å². The Balaban J connectivity index is 1.94. The average Bonchev–Trinajstić information content (AvgIpc) is 2.71. The van der Waals surface area contributed by atoms with Crippen LogP contribution in [0.2, 0.25) is 0 Å². The fourth-order valence-electron chi connectivity index (χ4n) is 3.72. The maximum absolute atomic E-state index is 13.4. The van der Waals surface area contributed by atoms with Crippen LogP contribution in [0.5, 0.6) is 11.5 Å². The molecule has 1 atom stereocenters. The predicted octanol–water partition coefficient (Wildman–Crippen LogP) is 3.19. The zero-order valence-electron chi connectivity index (χ0n) is 16.6. The Bertz CT molecular complexity index is 906. The molecule has 0 fully saturated rings. The molecule has 1 N–H and O–H groups in total. The predicted molar refractivity (Wildman–Crippen MR) is 105 cm³/mol. The summed E-state index contributed by atoms with van der Waals surface area (Å²) < 4.78 is 10.6. The molecule has 0 saturated carbocycles. The van der Waals surface area contributed by atoms with Crippen molar-refractivity contribution in [3.8, 4) is 11.5 Å². The number of hydrogen-bond donors (Lipinski definition) is 1. The molecule has 1 unspecified atom stereocenters. The van der Waals surface area contributed by atoms with Gasteiger partial charge in [-0.05, 0) is 42.7 Å². The number of aliphatic carboxylic acids is 1. The number of nitrogens with zero attached hydrogens (tertiary/aromatic N) is 1. The van der Waals surface area contributed by atoms with E-state index in [1.807, 2.05) is 44.2 Å². The Morgan fingerprint density at radius 1 is 1.07 bits per heavy atom. The van der Waals surface area contributed by atoms with Crippen LogP contribution in [0.4, 0.5) is 0 Å². The van der Waals surface area contributed by atoms with E-state index in [4.69, 9.17) is 9.47 Å². The van der Waals surface area contributed by atoms with Crippen LogP contribution < -0.4 is 9.47 Å². The summed E-state index contributed by atoms with van der Waals surface area (Å²) in [7, 11) is 3.11. The summed E-state index contributed by atoms with van der Waals surface area (Å²) in [4.78, 5) is 26.8. The van der Waals surface area contributed by atoms with Crippen molar-refractivity contribution >= 4 is 11.9 Å². The van der Waals surface area contributed by atoms with Gasteiger partial charge in [-0.3, -0.25) is 9.59 Å². The van der Waals surface area contributed by atoms with Gasteiger partial charge in [-0.1, -0.05) is 30.3 Å². The molecule has 28 heavy (non-hydrogen) atoms. The third kappa shape index (κ3) is 3.42. The number of ether oxygens (including phenoxy) is 2. The fourth-order valence-corrected chi connectivity index (χ4v) is 3.72. The highest BCUT2D eigenvalue weighted by Gasteiger charge is 2.39. The van der Waals surface area contributed by atoms with Gasteiger partial charge in [-0.15, -0.1) is 0 Å². The van der Waals surface area contributed by atoms with Gasteiger partial charge in [0.25, 0.3) is 0 Å². The van der Waals surface area contributed by atoms with Crippen molar-refractivity contribution in [1.29, 1.82) is 0 Å². The number of amides is 1. The van der Waals surface area contributed by atoms with Gasteiger partial charge in [-0.2, -0.15) is 0 Å². The lowest BCUT2D eigenvalue weighted by Crippen LogP contribution is -2.47. The van der Waals surface area contributed by atoms with E-state index in [0.717, 1.165) is 16.7 Å². The molecule has 1 heterocycles. The molecule has 6 nitrogen and oxygen atoms in total. The topological polar surface area (TPSA) is 76.1 Å². The largest absolute Gasteiger partial charge is 0.493 e. The van der Waals surface area contributed by atoms with E-state index in [2.05, 4.69) is 0 Å². The summed E-state index contributed by atoms with van der Waals surface area (Å²) in [5, 5.41) is 9.66. The molecule has 1 amide bonds. The molecule has 2 aromatic carbocycles. The second-order valence-corrected chi connectivity index (χ2v) is 7.47. The SMILES string of the molecule is COc1ccc(C(C)(C)C(=O)N2Cc3ccccc3C(C(=O)O)C2)cc1OC. The van der Waals surface area contributed by atoms with Crippen LogP contribution in [0.3, 0.4) is 0 Å². The second kappa shape index (κ2) is 7.54. The number of carbonyl (C=O) groups excluding carboxylic acids is 1. The number of fused-ring (bicyclic) bond motifs is 1. The molecule has 0 aromatic heterocycles. The van der Waals surface area contributed by atoms with Crippen molar-refractivity contribution in [1.82, 2.24) is 4.90 Å². The molecule has 0 spiro atoms. The molecule has 1 aliphatic heterocycles. The Morgan fingerprint density at radius 3 is 2.39 bits per heavy atom. The first-order valence-corrected chi connectivity index (χ1v) is 9.12. The van der Waals surface area contributed by atoms with Crippen LogP contribution >= 0.6 is 0 Å². The van der Waals surface area contributed by atoms with Gasteiger partial charge in [0.15, 0.2) is 11.5 Å². The van der Waals surface area contributed by atoms with E-state index >= 15 is 0 Å². The highest BCUT2D eigenvalue weighted by molar-refractivity contribution is 5.89. The number of benzene rings is 2. The van der Waals surface area contributed by atoms with Gasteiger partial charge in [-0.25, -0.2) is 0 Å². The summed E-state index contributed by atoms with van der Waals surface area (Å²) >= 11 is 0. The molecule has 0 saturated heterocycles. The number of hydrogen-bond acceptors (Lipinski definition) is 4. The molecule has 0 bridgehead atoms. The number of carboxylic acids is 1. The monoisotopic (exact) mass is 383 g/mol. The first-order chi connectivity index (χ1) is 13.3. The average molecular weight is 383 g/mol. The van der Waals surface area contributed by atoms with Gasteiger partial charge >= 0.3 is 5.97 Å². The Kier molecular flexibility index (Phi) is 5.31. The third-order valence-corrected chi connectivity index (χ3v) is 5.42. The summed E-state index contributed by atoms with van der Waals surface area (Å²) in [6, 6.07) is 12.8. The summed E-state index contributed by atoms with van der Waals surface area (Å²) in [5.74, 6) is -0.634. The molecule has 0 aliphatic carbocycles. The van der Waals surface area contributed by atoms with E-state index in [1.165, 1.54) is 0 Å². The summed E-state index contributed by atoms with van der Waals surface area (Å²) in [5.41, 5.74) is 1.58. The van der Waals surface area contributed by atoms with Crippen molar-refractivity contribution in [2.24, 2.45) is 0 Å². The molecule has 148 valence electrons. The molecule has 3 rings (SSSR count). The number of carbonyl (C=O) groups is 2. The number of methoxy groups -OCH3 is 2. The van der Waals surface area contributed by atoms with E-state index in [-0.39, 0.29) is 12.5 Å². The van der Waals surface area contributed by atoms with Crippen LogP contribution in [-0.2, 0) is 21.5 Å². The maximum Gasteiger partial charge on any atom is 0.312 e. The maximum atomic E-state index is 13.4. The molecule has 1 aliphatic rings. The van der Waals surface area contributed by atoms with Gasteiger partial charge in [0.1, 0.15) is 0 Å². The van der Waals surface area contributed by atoms with Gasteiger partial charge in [0, 0.05) is 13.1 Å². The van der Waals surface area contributed by atoms with Crippen molar-refractivity contribution in [2.45, 2.75) is 31.7 Å². The van der Waals surface area contributed by atoms with Crippen LogP contribution in [0, 0.1) is 0 Å². The lowest BCUT2D eigenvalue weighted by Gasteiger charge is -2.38. The summed E-state index contributed by atoms with van der Waals surface area (Å²) in [6.45, 7) is 4.23. The number of carboxylic acid groups (broad SMARTS) is 1. The van der Waals surface area contributed by atoms with E-state index < -0.39 is 17.3 Å². The normalized spacial score (nSPS) is 16.3. The van der Waals surface area contributed by atoms with E-state index in [0.29, 0.717) is 18.0 Å². The first-order valence-electron chi connectivity index (χ1n) is 9.12. The standard InChI is InChI=1S/C22H25NO5/c1-22(2,15-9-10-18(27-3)19(11-15)28-4)21(26)23-12-14-7-5-6-8-16(14)17(13-23)20(24)25/h5-11,17H,12-13H2,1-4H3,(H,24,25). The second-order valence-electron chi connectivity index (χ2n) is 7.47. The quantitative estimate of drug-likeness (QED) is 0.858. The minimum atomic E-state index is -0.922. The van der Waals surface area contributed by atoms with Crippen LogP contribution in [0.15, 0.2) is 42.5 Å². The molecule has 6 heteroatoms. The Morgan fingerprint density at radius 2 is 1.75 bits per heavy atom. The van der Waals surface area contributed by atoms with E-state index in [9.17, 15) is 14.7 Å². The Labute approximate surface area is 164 Å². The molecular formula is C22H25NO5. The minimum Gasteiger partial charge on any atom is -0.493 e. The van der Waals surface area contributed by atoms with Crippen molar-refractivity contribution in [2.75, 3.05) is 20.8 Å². The molecular weight excluding hydrogens is 358 g/mol. The van der Waals surface area contributed by atoms with Crippen LogP contribution in [0.1, 0.15) is 36.5 Å². The lowest BCUT2D eigenvalue weighted by atomic mass is 9.81. The van der Waals surface area contributed by atoms with Crippen LogP contribution in [0.25, 0.3) is 0 Å². The number of rotatable bonds is 5. The zero-order chi connectivity index (χ0) is 20.5. The molecule has 0 radical (unpaired) electrons. The highest BCUT2D eigenvalue weighted by Crippen LogP contribution is 2.36. The van der Waals surface area contributed by atoms with Gasteiger partial charge in [0.05, 0.1) is 25.6 Å². The van der Waals surface area contributed by atoms with Gasteiger partial charge in [0.2, 0.25) is 5.91 Å². The van der Waals surface area contributed by atoms with Crippen molar-refractivity contribution in [3.63, 3.8) is 0 Å².